The van der Waals surface area contributed by atoms with Crippen LogP contribution in [0.4, 0.5) is 30.2 Å². The van der Waals surface area contributed by atoms with E-state index in [1.165, 1.54) is 0 Å². The lowest BCUT2D eigenvalue weighted by molar-refractivity contribution is -0.182. The Hall–Kier alpha value is -1.77. The number of halogens is 3. The first-order valence-electron chi connectivity index (χ1n) is 10.00. The smallest absolute Gasteiger partial charge is 0.391 e. The van der Waals surface area contributed by atoms with E-state index in [0.717, 1.165) is 29.3 Å². The Kier molecular flexibility index (Phi) is 6.76. The van der Waals surface area contributed by atoms with Crippen molar-refractivity contribution in [3.8, 4) is 0 Å². The summed E-state index contributed by atoms with van der Waals surface area (Å²) in [4.78, 5) is 15.2. The van der Waals surface area contributed by atoms with Gasteiger partial charge in [-0.05, 0) is 50.0 Å². The lowest BCUT2D eigenvalue weighted by Gasteiger charge is -2.32. The molecular formula is C20H29F3N4OS. The molecule has 1 aliphatic heterocycles. The molecule has 5 nitrogen and oxygen atoms in total. The number of hydrogen-bond donors (Lipinski definition) is 3. The van der Waals surface area contributed by atoms with Crippen LogP contribution in [0, 0.1) is 5.92 Å². The molecule has 1 atom stereocenters. The maximum Gasteiger partial charge on any atom is 0.391 e. The van der Waals surface area contributed by atoms with Gasteiger partial charge >= 0.3 is 6.18 Å². The summed E-state index contributed by atoms with van der Waals surface area (Å²) in [5, 5.41) is 6.00. The molecule has 1 saturated carbocycles. The molecule has 1 heterocycles. The monoisotopic (exact) mass is 430 g/mol. The zero-order valence-corrected chi connectivity index (χ0v) is 17.6. The summed E-state index contributed by atoms with van der Waals surface area (Å²) in [6.07, 6.45) is -2.32. The molecule has 1 unspecified atom stereocenters. The summed E-state index contributed by atoms with van der Waals surface area (Å²) >= 11 is 1.89. The van der Waals surface area contributed by atoms with Crippen molar-refractivity contribution in [3.63, 3.8) is 0 Å². The van der Waals surface area contributed by atoms with Crippen LogP contribution >= 0.6 is 11.8 Å². The number of alkyl halides is 3. The second-order valence-corrected chi connectivity index (χ2v) is 9.05. The number of nitrogen functional groups attached to an aromatic ring is 1. The number of carbonyl (C=O) groups excluding carboxylic acids is 1. The molecule has 4 N–H and O–H groups in total. The second kappa shape index (κ2) is 8.93. The summed E-state index contributed by atoms with van der Waals surface area (Å²) in [6, 6.07) is 3.64. The fourth-order valence-corrected chi connectivity index (χ4v) is 5.42. The molecule has 1 amide bonds. The number of nitrogens with zero attached hydrogens (tertiary/aromatic N) is 1. The van der Waals surface area contributed by atoms with Gasteiger partial charge in [0.1, 0.15) is 0 Å². The number of thioether (sulfide) groups is 1. The molecule has 0 radical (unpaired) electrons. The average Bonchev–Trinajstić information content (AvgIpc) is 3.21. The van der Waals surface area contributed by atoms with Crippen LogP contribution < -0.4 is 21.3 Å². The highest BCUT2D eigenvalue weighted by atomic mass is 32.2. The fraction of sp³-hybridized carbons (Fsp3) is 0.650. The molecule has 1 saturated heterocycles. The lowest BCUT2D eigenvalue weighted by atomic mass is 9.85. The topological polar surface area (TPSA) is 70.4 Å². The molecule has 1 aliphatic carbocycles. The number of rotatable bonds is 5. The molecule has 1 aromatic rings. The molecule has 0 spiro atoms. The van der Waals surface area contributed by atoms with E-state index in [0.29, 0.717) is 30.1 Å². The lowest BCUT2D eigenvalue weighted by Crippen LogP contribution is -2.41. The van der Waals surface area contributed by atoms with Crippen LogP contribution in [0.2, 0.25) is 0 Å². The summed E-state index contributed by atoms with van der Waals surface area (Å²) in [6.45, 7) is 0. The van der Waals surface area contributed by atoms with Crippen LogP contribution in [0.3, 0.4) is 0 Å². The molecular weight excluding hydrogens is 401 g/mol. The number of carbonyl (C=O) groups is 1. The van der Waals surface area contributed by atoms with Gasteiger partial charge in [0, 0.05) is 31.9 Å². The van der Waals surface area contributed by atoms with E-state index >= 15 is 0 Å². The van der Waals surface area contributed by atoms with Crippen LogP contribution in [0.15, 0.2) is 12.1 Å². The van der Waals surface area contributed by atoms with Gasteiger partial charge in [0.2, 0.25) is 0 Å². The largest absolute Gasteiger partial charge is 0.397 e. The second-order valence-electron chi connectivity index (χ2n) is 7.90. The molecule has 0 bridgehead atoms. The summed E-state index contributed by atoms with van der Waals surface area (Å²) in [5.41, 5.74) is 8.58. The normalized spacial score (nSPS) is 24.9. The fourth-order valence-electron chi connectivity index (χ4n) is 4.15. The van der Waals surface area contributed by atoms with Crippen molar-refractivity contribution in [1.29, 1.82) is 0 Å². The Morgan fingerprint density at radius 2 is 1.90 bits per heavy atom. The SMILES string of the molecule is CNc1cc(N(C)C2CCSC2)c(C(=O)NC2CCC(C(F)(F)F)CC2)cc1N. The molecule has 162 valence electrons. The van der Waals surface area contributed by atoms with Gasteiger partial charge in [0.15, 0.2) is 0 Å². The van der Waals surface area contributed by atoms with Crippen molar-refractivity contribution in [3.05, 3.63) is 17.7 Å². The minimum Gasteiger partial charge on any atom is -0.397 e. The summed E-state index contributed by atoms with van der Waals surface area (Å²) in [7, 11) is 3.76. The minimum atomic E-state index is -4.15. The highest BCUT2D eigenvalue weighted by Crippen LogP contribution is 2.38. The van der Waals surface area contributed by atoms with Crippen molar-refractivity contribution in [1.82, 2.24) is 5.32 Å². The van der Waals surface area contributed by atoms with Gasteiger partial charge < -0.3 is 21.3 Å². The molecule has 9 heteroatoms. The first-order valence-corrected chi connectivity index (χ1v) is 11.2. The maximum absolute atomic E-state index is 13.0. The zero-order valence-electron chi connectivity index (χ0n) is 16.8. The molecule has 2 fully saturated rings. The minimum absolute atomic E-state index is 0.0569. The number of hydrogen-bond acceptors (Lipinski definition) is 5. The Morgan fingerprint density at radius 1 is 1.21 bits per heavy atom. The molecule has 3 rings (SSSR count). The average molecular weight is 431 g/mol. The zero-order chi connectivity index (χ0) is 21.2. The third kappa shape index (κ3) is 5.05. The number of benzene rings is 1. The molecule has 0 aromatic heterocycles. The molecule has 2 aliphatic rings. The van der Waals surface area contributed by atoms with Crippen molar-refractivity contribution < 1.29 is 18.0 Å². The first kappa shape index (κ1) is 21.9. The van der Waals surface area contributed by atoms with Crippen molar-refractivity contribution in [2.75, 3.05) is 41.6 Å². The van der Waals surface area contributed by atoms with Crippen molar-refractivity contribution >= 4 is 34.7 Å². The quantitative estimate of drug-likeness (QED) is 0.614. The molecule has 1 aromatic carbocycles. The van der Waals surface area contributed by atoms with E-state index in [9.17, 15) is 18.0 Å². The number of nitrogens with two attached hydrogens (primary N) is 1. The summed E-state index contributed by atoms with van der Waals surface area (Å²) in [5.74, 6) is 0.551. The van der Waals surface area contributed by atoms with Gasteiger partial charge in [0.05, 0.1) is 28.5 Å². The Balaban J connectivity index is 1.76. The van der Waals surface area contributed by atoms with Crippen LogP contribution in [0.25, 0.3) is 0 Å². The first-order chi connectivity index (χ1) is 13.7. The summed E-state index contributed by atoms with van der Waals surface area (Å²) < 4.78 is 38.7. The third-order valence-electron chi connectivity index (χ3n) is 6.04. The van der Waals surface area contributed by atoms with Crippen molar-refractivity contribution in [2.24, 2.45) is 5.92 Å². The number of nitrogens with one attached hydrogen (secondary N) is 2. The van der Waals surface area contributed by atoms with E-state index in [4.69, 9.17) is 5.73 Å². The van der Waals surface area contributed by atoms with Gasteiger partial charge in [-0.25, -0.2) is 0 Å². The van der Waals surface area contributed by atoms with Crippen LogP contribution in [-0.4, -0.2) is 49.8 Å². The Bertz CT molecular complexity index is 729. The molecule has 29 heavy (non-hydrogen) atoms. The predicted molar refractivity (Wildman–Crippen MR) is 114 cm³/mol. The number of anilines is 3. The predicted octanol–water partition coefficient (Wildman–Crippen LogP) is 4.10. The van der Waals surface area contributed by atoms with Gasteiger partial charge in [-0.1, -0.05) is 0 Å². The van der Waals surface area contributed by atoms with E-state index < -0.39 is 12.1 Å². The number of amides is 1. The maximum atomic E-state index is 13.0. The van der Waals surface area contributed by atoms with Gasteiger partial charge in [-0.2, -0.15) is 24.9 Å². The van der Waals surface area contributed by atoms with Gasteiger partial charge in [-0.3, -0.25) is 4.79 Å². The highest BCUT2D eigenvalue weighted by molar-refractivity contribution is 7.99. The third-order valence-corrected chi connectivity index (χ3v) is 7.19. The van der Waals surface area contributed by atoms with E-state index in [1.54, 1.807) is 13.1 Å². The van der Waals surface area contributed by atoms with E-state index in [1.807, 2.05) is 24.9 Å². The Morgan fingerprint density at radius 3 is 2.45 bits per heavy atom. The van der Waals surface area contributed by atoms with Gasteiger partial charge in [0.25, 0.3) is 5.91 Å². The van der Waals surface area contributed by atoms with E-state index in [-0.39, 0.29) is 24.8 Å². The standard InChI is InChI=1S/C20H29F3N4OS/c1-25-17-10-18(27(2)14-7-8-29-11-14)15(9-16(17)24)19(28)26-13-5-3-12(4-6-13)20(21,22)23/h9-10,12-14,25H,3-8,11,24H2,1-2H3,(H,26,28). The Labute approximate surface area is 174 Å². The van der Waals surface area contributed by atoms with Gasteiger partial charge in [-0.15, -0.1) is 0 Å². The van der Waals surface area contributed by atoms with Crippen LogP contribution in [0.5, 0.6) is 0 Å². The highest BCUT2D eigenvalue weighted by Gasteiger charge is 2.41. The van der Waals surface area contributed by atoms with Crippen molar-refractivity contribution in [2.45, 2.75) is 50.4 Å². The van der Waals surface area contributed by atoms with Crippen LogP contribution in [0.1, 0.15) is 42.5 Å². The van der Waals surface area contributed by atoms with Crippen LogP contribution in [-0.2, 0) is 0 Å². The van der Waals surface area contributed by atoms with E-state index in [2.05, 4.69) is 15.5 Å².